The second-order valence-electron chi connectivity index (χ2n) is 3.93. The second-order valence-corrected chi connectivity index (χ2v) is 3.93. The maximum absolute atomic E-state index is 2.60. The fourth-order valence-corrected chi connectivity index (χ4v) is 1.67. The van der Waals surface area contributed by atoms with E-state index in [2.05, 4.69) is 32.6 Å². The topological polar surface area (TPSA) is 3.24 Å². The minimum atomic E-state index is 0.914. The summed E-state index contributed by atoms with van der Waals surface area (Å²) in [5, 5.41) is 0. The predicted molar refractivity (Wildman–Crippen MR) is 61.1 cm³/mol. The molecule has 0 heterocycles. The van der Waals surface area contributed by atoms with Crippen molar-refractivity contribution in [3.8, 4) is 0 Å². The Morgan fingerprint density at radius 2 is 1.62 bits per heavy atom. The molecule has 0 aliphatic carbocycles. The molecule has 1 heteroatoms. The van der Waals surface area contributed by atoms with E-state index in [-0.39, 0.29) is 0 Å². The highest BCUT2D eigenvalue weighted by molar-refractivity contribution is 4.62. The van der Waals surface area contributed by atoms with Crippen molar-refractivity contribution in [2.45, 2.75) is 53.4 Å². The maximum Gasteiger partial charge on any atom is 0.000934 e. The Labute approximate surface area is 84.5 Å². The molecule has 0 aromatic heterocycles. The fourth-order valence-electron chi connectivity index (χ4n) is 1.67. The lowest BCUT2D eigenvalue weighted by Gasteiger charge is -2.24. The minimum absolute atomic E-state index is 0.914. The normalized spacial score (nSPS) is 11.5. The summed E-state index contributed by atoms with van der Waals surface area (Å²) in [5.74, 6) is 0.914. The van der Waals surface area contributed by atoms with E-state index in [0.29, 0.717) is 0 Å². The lowest BCUT2D eigenvalue weighted by Crippen LogP contribution is -2.30. The number of hydrogen-bond acceptors (Lipinski definition) is 1. The third kappa shape index (κ3) is 6.09. The molecule has 0 aromatic rings. The molecule has 0 saturated heterocycles. The summed E-state index contributed by atoms with van der Waals surface area (Å²) in [6.45, 7) is 13.0. The zero-order valence-electron chi connectivity index (χ0n) is 9.97. The molecule has 13 heavy (non-hydrogen) atoms. The van der Waals surface area contributed by atoms with Gasteiger partial charge in [-0.2, -0.15) is 0 Å². The molecule has 0 aliphatic heterocycles. The summed E-state index contributed by atoms with van der Waals surface area (Å²) in [6, 6.07) is 0. The Kier molecular flexibility index (Phi) is 8.53. The van der Waals surface area contributed by atoms with Gasteiger partial charge in [-0.3, -0.25) is 0 Å². The zero-order chi connectivity index (χ0) is 10.1. The average Bonchev–Trinajstić information content (AvgIpc) is 2.19. The average molecular weight is 185 g/mol. The molecule has 0 atom stereocenters. The van der Waals surface area contributed by atoms with E-state index >= 15 is 0 Å². The first kappa shape index (κ1) is 13.0. The lowest BCUT2D eigenvalue weighted by molar-refractivity contribution is 0.231. The minimum Gasteiger partial charge on any atom is -0.303 e. The summed E-state index contributed by atoms with van der Waals surface area (Å²) >= 11 is 0. The first-order valence-electron chi connectivity index (χ1n) is 6.00. The van der Waals surface area contributed by atoms with Crippen molar-refractivity contribution in [1.82, 2.24) is 4.90 Å². The number of rotatable bonds is 8. The Morgan fingerprint density at radius 3 is 2.00 bits per heavy atom. The van der Waals surface area contributed by atoms with Crippen LogP contribution in [0, 0.1) is 5.92 Å². The SMILES string of the molecule is CCCCN(CC)CC(CC)CC. The Bertz CT molecular complexity index is 97.3. The molecule has 0 rings (SSSR count). The van der Waals surface area contributed by atoms with Crippen molar-refractivity contribution in [3.05, 3.63) is 0 Å². The number of unbranched alkanes of at least 4 members (excludes halogenated alkanes) is 1. The van der Waals surface area contributed by atoms with E-state index in [1.54, 1.807) is 0 Å². The fraction of sp³-hybridized carbons (Fsp3) is 1.00. The Hall–Kier alpha value is -0.0400. The first-order valence-corrected chi connectivity index (χ1v) is 6.00. The van der Waals surface area contributed by atoms with Crippen LogP contribution < -0.4 is 0 Å². The largest absolute Gasteiger partial charge is 0.303 e. The van der Waals surface area contributed by atoms with Gasteiger partial charge in [0, 0.05) is 6.54 Å². The Morgan fingerprint density at radius 1 is 1.00 bits per heavy atom. The molecular formula is C12H27N. The third-order valence-electron chi connectivity index (χ3n) is 2.95. The van der Waals surface area contributed by atoms with Gasteiger partial charge in [0.05, 0.1) is 0 Å². The molecule has 0 N–H and O–H groups in total. The monoisotopic (exact) mass is 185 g/mol. The van der Waals surface area contributed by atoms with Crippen LogP contribution in [0.5, 0.6) is 0 Å². The molecule has 0 fully saturated rings. The summed E-state index contributed by atoms with van der Waals surface area (Å²) in [7, 11) is 0. The molecule has 0 spiro atoms. The van der Waals surface area contributed by atoms with Gasteiger partial charge in [0.2, 0.25) is 0 Å². The van der Waals surface area contributed by atoms with Crippen LogP contribution in [0.15, 0.2) is 0 Å². The van der Waals surface area contributed by atoms with E-state index in [0.717, 1.165) is 5.92 Å². The van der Waals surface area contributed by atoms with Gasteiger partial charge in [-0.05, 0) is 25.4 Å². The van der Waals surface area contributed by atoms with E-state index < -0.39 is 0 Å². The van der Waals surface area contributed by atoms with Crippen molar-refractivity contribution >= 4 is 0 Å². The van der Waals surface area contributed by atoms with Crippen molar-refractivity contribution in [2.75, 3.05) is 19.6 Å². The van der Waals surface area contributed by atoms with Crippen LogP contribution in [-0.4, -0.2) is 24.5 Å². The van der Waals surface area contributed by atoms with Crippen LogP contribution in [0.4, 0.5) is 0 Å². The summed E-state index contributed by atoms with van der Waals surface area (Å²) in [5.41, 5.74) is 0. The standard InChI is InChI=1S/C12H27N/c1-5-9-10-13(8-4)11-12(6-2)7-3/h12H,5-11H2,1-4H3. The highest BCUT2D eigenvalue weighted by Crippen LogP contribution is 2.10. The van der Waals surface area contributed by atoms with Gasteiger partial charge in [-0.25, -0.2) is 0 Å². The highest BCUT2D eigenvalue weighted by atomic mass is 15.1. The zero-order valence-corrected chi connectivity index (χ0v) is 9.97. The van der Waals surface area contributed by atoms with E-state index in [9.17, 15) is 0 Å². The van der Waals surface area contributed by atoms with Crippen LogP contribution >= 0.6 is 0 Å². The van der Waals surface area contributed by atoms with Crippen molar-refractivity contribution in [3.63, 3.8) is 0 Å². The molecule has 0 aromatic carbocycles. The molecule has 0 amide bonds. The maximum atomic E-state index is 2.60. The van der Waals surface area contributed by atoms with Gasteiger partial charge in [-0.1, -0.05) is 47.0 Å². The van der Waals surface area contributed by atoms with Crippen LogP contribution in [0.1, 0.15) is 53.4 Å². The molecular weight excluding hydrogens is 158 g/mol. The number of nitrogens with zero attached hydrogens (tertiary/aromatic N) is 1. The second kappa shape index (κ2) is 8.55. The molecule has 0 saturated carbocycles. The quantitative estimate of drug-likeness (QED) is 0.559. The molecule has 0 unspecified atom stereocenters. The van der Waals surface area contributed by atoms with Gasteiger partial charge in [-0.15, -0.1) is 0 Å². The van der Waals surface area contributed by atoms with Crippen LogP contribution in [0.2, 0.25) is 0 Å². The number of hydrogen-bond donors (Lipinski definition) is 0. The van der Waals surface area contributed by atoms with Gasteiger partial charge >= 0.3 is 0 Å². The summed E-state index contributed by atoms with van der Waals surface area (Å²) in [4.78, 5) is 2.60. The van der Waals surface area contributed by atoms with Crippen molar-refractivity contribution in [1.29, 1.82) is 0 Å². The molecule has 0 radical (unpaired) electrons. The summed E-state index contributed by atoms with van der Waals surface area (Å²) < 4.78 is 0. The molecule has 80 valence electrons. The van der Waals surface area contributed by atoms with Crippen molar-refractivity contribution in [2.24, 2.45) is 5.92 Å². The Balaban J connectivity index is 3.67. The van der Waals surface area contributed by atoms with Gasteiger partial charge in [0.1, 0.15) is 0 Å². The smallest absolute Gasteiger partial charge is 0.000934 e. The molecule has 0 aliphatic rings. The summed E-state index contributed by atoms with van der Waals surface area (Å²) in [6.07, 6.45) is 5.34. The van der Waals surface area contributed by atoms with Gasteiger partial charge in [0.15, 0.2) is 0 Å². The van der Waals surface area contributed by atoms with Gasteiger partial charge in [0.25, 0.3) is 0 Å². The third-order valence-corrected chi connectivity index (χ3v) is 2.95. The van der Waals surface area contributed by atoms with Crippen molar-refractivity contribution < 1.29 is 0 Å². The van der Waals surface area contributed by atoms with E-state index in [4.69, 9.17) is 0 Å². The molecule has 1 nitrogen and oxygen atoms in total. The van der Waals surface area contributed by atoms with Gasteiger partial charge < -0.3 is 4.90 Å². The predicted octanol–water partition coefficient (Wildman–Crippen LogP) is 3.54. The van der Waals surface area contributed by atoms with E-state index in [1.165, 1.54) is 45.3 Å². The van der Waals surface area contributed by atoms with Crippen LogP contribution in [0.3, 0.4) is 0 Å². The van der Waals surface area contributed by atoms with Crippen LogP contribution in [-0.2, 0) is 0 Å². The lowest BCUT2D eigenvalue weighted by atomic mass is 10.0. The van der Waals surface area contributed by atoms with Crippen LogP contribution in [0.25, 0.3) is 0 Å². The first-order chi connectivity index (χ1) is 6.28. The van der Waals surface area contributed by atoms with E-state index in [1.807, 2.05) is 0 Å². The molecule has 0 bridgehead atoms. The highest BCUT2D eigenvalue weighted by Gasteiger charge is 2.08.